The van der Waals surface area contributed by atoms with Crippen LogP contribution < -0.4 is 27.8 Å². The summed E-state index contributed by atoms with van der Waals surface area (Å²) in [5.74, 6) is -1.23. The summed E-state index contributed by atoms with van der Waals surface area (Å²) in [5.41, 5.74) is 10.7. The molecule has 0 bridgehead atoms. The third-order valence-electron chi connectivity index (χ3n) is 10.0. The maximum atomic E-state index is 14.0. The number of phosphoric acid groups is 2. The van der Waals surface area contributed by atoms with Crippen molar-refractivity contribution in [2.45, 2.75) is 108 Å². The van der Waals surface area contributed by atoms with Gasteiger partial charge in [0, 0.05) is 19.2 Å². The molecule has 3 aromatic heterocycles. The Bertz CT molecular complexity index is 2540. The molecule has 2 aliphatic heterocycles. The number of esters is 1. The molecule has 4 aromatic rings. The number of unbranched alkanes of at least 4 members (excludes halogenated alkanes) is 1. The highest BCUT2D eigenvalue weighted by Gasteiger charge is 2.50. The summed E-state index contributed by atoms with van der Waals surface area (Å²) in [6.07, 6.45) is -8.74. The number of alkyl carbamates (subject to hydrolysis) is 2. The Morgan fingerprint density at radius 3 is 2.40 bits per heavy atom. The highest BCUT2D eigenvalue weighted by molar-refractivity contribution is 7.47. The van der Waals surface area contributed by atoms with E-state index in [-0.39, 0.29) is 55.2 Å². The number of nitrogens with one attached hydrogen (secondary N) is 2. The first kappa shape index (κ1) is 51.7. The second kappa shape index (κ2) is 22.2. The number of nitrogens with two attached hydrogens (primary N) is 2. The predicted molar refractivity (Wildman–Crippen MR) is 231 cm³/mol. The highest BCUT2D eigenvalue weighted by Crippen LogP contribution is 2.50. The van der Waals surface area contributed by atoms with Crippen molar-refractivity contribution in [2.75, 3.05) is 31.2 Å². The minimum atomic E-state index is -5.27. The molecule has 372 valence electrons. The highest BCUT2D eigenvalue weighted by atomic mass is 31.2. The minimum absolute atomic E-state index is 0.0158. The number of benzene rings is 1. The standard InChI is InChI=1S/C38H52N10O18P2/c1-38(2,3)65-37(53)45-22(11-7-8-13-41-36(52)59-16-21-9-5-4-6-10-21)34(50)64-30-25(63-33(29(30)49)48-20-44-28-31(40)42-19-43-32(28)48)18-61-68(57,58)66-23-15-27(47-14-12-26(39)46-35(47)51)62-24(23)17-60-67(54,55)56/h4-6,9-10,12,14,19-20,22-25,27,29-30,33,49H,7-8,11,13,15-18H2,1-3H3,(H,41,52)(H,45,53)(H,57,58)(H2,39,46,51)(H2,40,42,43)(H2,54,55,56)/t22-,23+,24-,25?,27-,29?,30?,33?/m1/s1. The van der Waals surface area contributed by atoms with Gasteiger partial charge < -0.3 is 65.6 Å². The lowest BCUT2D eigenvalue weighted by Crippen LogP contribution is -2.47. The number of hydrogen-bond acceptors (Lipinski definition) is 21. The number of anilines is 2. The van der Waals surface area contributed by atoms with Crippen LogP contribution in [-0.2, 0) is 57.8 Å². The summed E-state index contributed by atoms with van der Waals surface area (Å²) >= 11 is 0. The molecule has 10 N–H and O–H groups in total. The van der Waals surface area contributed by atoms with Crippen LogP contribution in [0.5, 0.6) is 0 Å². The quantitative estimate of drug-likeness (QED) is 0.0268. The molecule has 0 saturated carbocycles. The number of phosphoric ester groups is 2. The van der Waals surface area contributed by atoms with Gasteiger partial charge in [-0.3, -0.25) is 22.7 Å². The van der Waals surface area contributed by atoms with Crippen molar-refractivity contribution in [1.82, 2.24) is 39.7 Å². The summed E-state index contributed by atoms with van der Waals surface area (Å²) in [6, 6.07) is 8.88. The van der Waals surface area contributed by atoms with E-state index in [4.69, 9.17) is 44.2 Å². The number of hydrogen-bond donors (Lipinski definition) is 8. The fourth-order valence-corrected chi connectivity index (χ4v) is 8.26. The number of nitrogens with zero attached hydrogens (tertiary/aromatic N) is 6. The first-order valence-corrected chi connectivity index (χ1v) is 23.9. The maximum absolute atomic E-state index is 14.0. The summed E-state index contributed by atoms with van der Waals surface area (Å²) < 4.78 is 70.9. The molecule has 9 atom stereocenters. The number of fused-ring (bicyclic) bond motifs is 1. The van der Waals surface area contributed by atoms with Gasteiger partial charge in [0.25, 0.3) is 0 Å². The molecule has 0 radical (unpaired) electrons. The van der Waals surface area contributed by atoms with Gasteiger partial charge in [0.05, 0.1) is 19.5 Å². The van der Waals surface area contributed by atoms with E-state index in [1.807, 2.05) is 6.07 Å². The van der Waals surface area contributed by atoms with Gasteiger partial charge in [-0.2, -0.15) is 4.98 Å². The van der Waals surface area contributed by atoms with Gasteiger partial charge in [0.2, 0.25) is 0 Å². The zero-order valence-corrected chi connectivity index (χ0v) is 38.5. The number of imidazole rings is 1. The number of aromatic nitrogens is 6. The fourth-order valence-electron chi connectivity index (χ4n) is 6.96. The minimum Gasteiger partial charge on any atom is -0.455 e. The first-order chi connectivity index (χ1) is 32.1. The van der Waals surface area contributed by atoms with Gasteiger partial charge in [-0.15, -0.1) is 0 Å². The molecule has 2 amide bonds. The molecule has 2 fully saturated rings. The van der Waals surface area contributed by atoms with Crippen LogP contribution in [0.4, 0.5) is 21.2 Å². The number of amides is 2. The van der Waals surface area contributed by atoms with Gasteiger partial charge in [-0.1, -0.05) is 30.3 Å². The van der Waals surface area contributed by atoms with Crippen LogP contribution in [0, 0.1) is 0 Å². The van der Waals surface area contributed by atoms with E-state index in [1.165, 1.54) is 23.2 Å². The van der Waals surface area contributed by atoms with E-state index in [1.54, 1.807) is 45.0 Å². The third-order valence-corrected chi connectivity index (χ3v) is 11.5. The Hall–Kier alpha value is -5.64. The molecule has 0 aliphatic carbocycles. The Kier molecular flexibility index (Phi) is 16.9. The second-order valence-corrected chi connectivity index (χ2v) is 19.0. The molecular weight excluding hydrogens is 946 g/mol. The van der Waals surface area contributed by atoms with Crippen LogP contribution in [0.3, 0.4) is 0 Å². The van der Waals surface area contributed by atoms with Gasteiger partial charge in [-0.05, 0) is 51.7 Å². The van der Waals surface area contributed by atoms with E-state index in [9.17, 15) is 48.1 Å². The molecule has 5 unspecified atom stereocenters. The fraction of sp³-hybridized carbons (Fsp3) is 0.526. The number of carbonyl (C=O) groups excluding carboxylic acids is 3. The van der Waals surface area contributed by atoms with Gasteiger partial charge >= 0.3 is 39.5 Å². The van der Waals surface area contributed by atoms with Crippen LogP contribution in [0.15, 0.2) is 60.0 Å². The summed E-state index contributed by atoms with van der Waals surface area (Å²) in [5, 5.41) is 16.8. The number of aliphatic hydroxyl groups is 1. The van der Waals surface area contributed by atoms with Gasteiger partial charge in [0.15, 0.2) is 23.8 Å². The normalized spacial score (nSPS) is 23.1. The number of ether oxygens (including phenoxy) is 5. The maximum Gasteiger partial charge on any atom is 0.472 e. The Morgan fingerprint density at radius 1 is 0.956 bits per heavy atom. The second-order valence-electron chi connectivity index (χ2n) is 16.3. The van der Waals surface area contributed by atoms with Crippen LogP contribution in [-0.4, -0.2) is 129 Å². The molecule has 30 heteroatoms. The van der Waals surface area contributed by atoms with Crippen molar-refractivity contribution in [2.24, 2.45) is 0 Å². The molecule has 1 aromatic carbocycles. The topological polar surface area (TPSA) is 395 Å². The van der Waals surface area contributed by atoms with Crippen molar-refractivity contribution in [1.29, 1.82) is 0 Å². The predicted octanol–water partition coefficient (Wildman–Crippen LogP) is 1.31. The molecule has 2 aliphatic rings. The largest absolute Gasteiger partial charge is 0.472 e. The lowest BCUT2D eigenvalue weighted by Gasteiger charge is -2.26. The lowest BCUT2D eigenvalue weighted by molar-refractivity contribution is -0.159. The van der Waals surface area contributed by atoms with E-state index < -0.39 is 107 Å². The lowest BCUT2D eigenvalue weighted by atomic mass is 10.1. The van der Waals surface area contributed by atoms with E-state index in [0.717, 1.165) is 16.5 Å². The Balaban J connectivity index is 1.17. The average molecular weight is 999 g/mol. The SMILES string of the molecule is CC(C)(C)OC(=O)N[C@H](CCCCNC(=O)OCc1ccccc1)C(=O)OC1C(COP(=O)(O)O[C@H]2C[C@H](n3ccc(N)nc3=O)O[C@@H]2COP(=O)(O)O)OC(n2cnc3c(N)ncnc32)C1O. The zero-order valence-electron chi connectivity index (χ0n) is 36.7. The Morgan fingerprint density at radius 2 is 1.69 bits per heavy atom. The van der Waals surface area contributed by atoms with Gasteiger partial charge in [-0.25, -0.2) is 43.3 Å². The first-order valence-electron chi connectivity index (χ1n) is 20.8. The Labute approximate surface area is 386 Å². The van der Waals surface area contributed by atoms with E-state index in [0.29, 0.717) is 6.42 Å². The van der Waals surface area contributed by atoms with Crippen molar-refractivity contribution in [3.63, 3.8) is 0 Å². The smallest absolute Gasteiger partial charge is 0.455 e. The number of aliphatic hydroxyl groups excluding tert-OH is 1. The van der Waals surface area contributed by atoms with Gasteiger partial charge in [0.1, 0.15) is 66.6 Å². The molecular formula is C38H52N10O18P2. The van der Waals surface area contributed by atoms with E-state index >= 15 is 0 Å². The zero-order chi connectivity index (χ0) is 49.4. The van der Waals surface area contributed by atoms with Crippen molar-refractivity contribution >= 4 is 56.6 Å². The molecule has 28 nitrogen and oxygen atoms in total. The number of nitrogen functional groups attached to an aromatic ring is 2. The average Bonchev–Trinajstić information content (AvgIpc) is 3.95. The molecule has 5 heterocycles. The number of rotatable bonds is 20. The molecule has 68 heavy (non-hydrogen) atoms. The molecule has 2 saturated heterocycles. The summed E-state index contributed by atoms with van der Waals surface area (Å²) in [7, 11) is -10.4. The van der Waals surface area contributed by atoms with Crippen LogP contribution in [0.25, 0.3) is 11.2 Å². The van der Waals surface area contributed by atoms with Crippen molar-refractivity contribution < 1.29 is 80.6 Å². The van der Waals surface area contributed by atoms with Crippen LogP contribution >= 0.6 is 15.6 Å². The van der Waals surface area contributed by atoms with Crippen molar-refractivity contribution in [3.8, 4) is 0 Å². The van der Waals surface area contributed by atoms with Crippen LogP contribution in [0.2, 0.25) is 0 Å². The van der Waals surface area contributed by atoms with E-state index in [2.05, 4.69) is 35.1 Å². The summed E-state index contributed by atoms with van der Waals surface area (Å²) in [6.45, 7) is 3.20. The van der Waals surface area contributed by atoms with Crippen molar-refractivity contribution in [3.05, 3.63) is 71.3 Å². The molecule has 0 spiro atoms. The summed E-state index contributed by atoms with van der Waals surface area (Å²) in [4.78, 5) is 97.4. The third kappa shape index (κ3) is 14.4. The van der Waals surface area contributed by atoms with Crippen LogP contribution in [0.1, 0.15) is 64.5 Å². The molecule has 6 rings (SSSR count). The monoisotopic (exact) mass is 998 g/mol. The number of carbonyl (C=O) groups is 3.